The Hall–Kier alpha value is -3.62. The van der Waals surface area contributed by atoms with Gasteiger partial charge in [0.05, 0.1) is 0 Å². The molecule has 4 rings (SSSR count). The molecular formula is C27H24N2. The highest BCUT2D eigenvalue weighted by atomic mass is 14.6. The van der Waals surface area contributed by atoms with Crippen molar-refractivity contribution in [3.05, 3.63) is 121 Å². The van der Waals surface area contributed by atoms with Crippen LogP contribution in [0.2, 0.25) is 0 Å². The van der Waals surface area contributed by atoms with Gasteiger partial charge in [-0.2, -0.15) is 0 Å². The second kappa shape index (κ2) is 8.59. The number of nitrogens with two attached hydrogens (primary N) is 2. The summed E-state index contributed by atoms with van der Waals surface area (Å²) in [4.78, 5) is 0. The summed E-state index contributed by atoms with van der Waals surface area (Å²) in [6.07, 6.45) is 3.32. The number of hydrogen-bond acceptors (Lipinski definition) is 2. The first kappa shape index (κ1) is 18.7. The zero-order valence-corrected chi connectivity index (χ0v) is 16.2. The molecule has 0 aliphatic carbocycles. The van der Waals surface area contributed by atoms with Crippen LogP contribution in [0.1, 0.15) is 11.6 Å². The third kappa shape index (κ3) is 4.29. The van der Waals surface area contributed by atoms with E-state index < -0.39 is 0 Å². The van der Waals surface area contributed by atoms with Crippen LogP contribution in [0, 0.1) is 0 Å². The lowest BCUT2D eigenvalue weighted by Gasteiger charge is -2.14. The Labute approximate surface area is 172 Å². The fourth-order valence-electron chi connectivity index (χ4n) is 3.52. The molecule has 0 aliphatic heterocycles. The molecule has 4 aromatic rings. The topological polar surface area (TPSA) is 52.0 Å². The van der Waals surface area contributed by atoms with Gasteiger partial charge in [-0.25, -0.2) is 0 Å². The van der Waals surface area contributed by atoms with Crippen molar-refractivity contribution in [2.45, 2.75) is 6.04 Å². The van der Waals surface area contributed by atoms with Crippen LogP contribution in [-0.2, 0) is 0 Å². The van der Waals surface area contributed by atoms with Crippen molar-refractivity contribution >= 4 is 0 Å². The molecule has 1 unspecified atom stereocenters. The number of rotatable bonds is 5. The summed E-state index contributed by atoms with van der Waals surface area (Å²) < 4.78 is 0. The van der Waals surface area contributed by atoms with Crippen LogP contribution < -0.4 is 11.5 Å². The Morgan fingerprint density at radius 2 is 0.931 bits per heavy atom. The van der Waals surface area contributed by atoms with Gasteiger partial charge in [-0.05, 0) is 69.4 Å². The highest BCUT2D eigenvalue weighted by molar-refractivity contribution is 5.76. The van der Waals surface area contributed by atoms with Crippen LogP contribution in [0.4, 0.5) is 0 Å². The van der Waals surface area contributed by atoms with Crippen LogP contribution in [-0.4, -0.2) is 0 Å². The molecule has 0 amide bonds. The molecule has 0 aliphatic rings. The van der Waals surface area contributed by atoms with Crippen LogP contribution in [0.15, 0.2) is 115 Å². The molecule has 29 heavy (non-hydrogen) atoms. The maximum atomic E-state index is 6.33. The predicted octanol–water partition coefficient (Wildman–Crippen LogP) is 6.16. The molecule has 2 heteroatoms. The van der Waals surface area contributed by atoms with Gasteiger partial charge < -0.3 is 11.5 Å². The minimum atomic E-state index is -0.244. The third-order valence-corrected chi connectivity index (χ3v) is 5.09. The van der Waals surface area contributed by atoms with Crippen molar-refractivity contribution in [3.63, 3.8) is 0 Å². The minimum Gasteiger partial charge on any atom is -0.405 e. The highest BCUT2D eigenvalue weighted by Crippen LogP contribution is 2.31. The van der Waals surface area contributed by atoms with Crippen LogP contribution in [0.5, 0.6) is 0 Å². The van der Waals surface area contributed by atoms with E-state index in [0.29, 0.717) is 0 Å². The van der Waals surface area contributed by atoms with E-state index in [1.165, 1.54) is 22.9 Å². The van der Waals surface area contributed by atoms with E-state index in [2.05, 4.69) is 91.0 Å². The summed E-state index contributed by atoms with van der Waals surface area (Å²) in [5.74, 6) is 0. The Morgan fingerprint density at radius 1 is 0.517 bits per heavy atom. The molecule has 4 aromatic carbocycles. The molecule has 0 saturated carbocycles. The molecule has 2 nitrogen and oxygen atoms in total. The van der Waals surface area contributed by atoms with Gasteiger partial charge in [-0.15, -0.1) is 0 Å². The summed E-state index contributed by atoms with van der Waals surface area (Å²) >= 11 is 0. The first-order valence-electron chi connectivity index (χ1n) is 9.75. The average molecular weight is 377 g/mol. The lowest BCUT2D eigenvalue weighted by atomic mass is 9.93. The molecule has 0 radical (unpaired) electrons. The molecule has 0 aromatic heterocycles. The van der Waals surface area contributed by atoms with E-state index in [4.69, 9.17) is 11.5 Å². The zero-order valence-electron chi connectivity index (χ0n) is 16.2. The van der Waals surface area contributed by atoms with Crippen LogP contribution in [0.25, 0.3) is 33.4 Å². The third-order valence-electron chi connectivity index (χ3n) is 5.09. The van der Waals surface area contributed by atoms with E-state index >= 15 is 0 Å². The largest absolute Gasteiger partial charge is 0.405 e. The van der Waals surface area contributed by atoms with Gasteiger partial charge >= 0.3 is 0 Å². The monoisotopic (exact) mass is 376 g/mol. The molecule has 0 bridgehead atoms. The molecule has 142 valence electrons. The standard InChI is InChI=1S/C27H24N2/c28-16-15-27(29)26-18-24(21-9-5-2-6-10-21)17-25(19-26)23-13-11-22(12-14-23)20-7-3-1-4-8-20/h1-19,27H,28-29H2/b16-15-. The zero-order chi connectivity index (χ0) is 20.1. The normalized spacial score (nSPS) is 12.2. The van der Waals surface area contributed by atoms with Crippen LogP contribution in [0.3, 0.4) is 0 Å². The van der Waals surface area contributed by atoms with E-state index in [0.717, 1.165) is 22.3 Å². The van der Waals surface area contributed by atoms with E-state index in [1.54, 1.807) is 0 Å². The number of hydrogen-bond donors (Lipinski definition) is 2. The number of benzene rings is 4. The molecule has 1 atom stereocenters. The van der Waals surface area contributed by atoms with Crippen LogP contribution >= 0.6 is 0 Å². The minimum absolute atomic E-state index is 0.244. The molecule has 0 heterocycles. The second-order valence-corrected chi connectivity index (χ2v) is 7.06. The SMILES string of the molecule is N/C=C\C(N)c1cc(-c2ccccc2)cc(-c2ccc(-c3ccccc3)cc2)c1. The molecule has 0 saturated heterocycles. The van der Waals surface area contributed by atoms with Crippen molar-refractivity contribution in [3.8, 4) is 33.4 Å². The van der Waals surface area contributed by atoms with Gasteiger partial charge in [0.25, 0.3) is 0 Å². The maximum absolute atomic E-state index is 6.33. The Bertz CT molecular complexity index is 1100. The summed E-state index contributed by atoms with van der Waals surface area (Å²) in [5.41, 5.74) is 20.0. The van der Waals surface area contributed by atoms with Crippen molar-refractivity contribution in [2.24, 2.45) is 11.5 Å². The van der Waals surface area contributed by atoms with Gasteiger partial charge in [0.1, 0.15) is 0 Å². The first-order valence-corrected chi connectivity index (χ1v) is 9.75. The lowest BCUT2D eigenvalue weighted by Crippen LogP contribution is -2.08. The Balaban J connectivity index is 1.77. The van der Waals surface area contributed by atoms with Gasteiger partial charge in [0, 0.05) is 6.04 Å². The van der Waals surface area contributed by atoms with Gasteiger partial charge in [-0.3, -0.25) is 0 Å². The molecular weight excluding hydrogens is 352 g/mol. The van der Waals surface area contributed by atoms with Gasteiger partial charge in [0.15, 0.2) is 0 Å². The van der Waals surface area contributed by atoms with Gasteiger partial charge in [0.2, 0.25) is 0 Å². The van der Waals surface area contributed by atoms with E-state index in [9.17, 15) is 0 Å². The summed E-state index contributed by atoms with van der Waals surface area (Å²) in [5, 5.41) is 0. The van der Waals surface area contributed by atoms with Crippen molar-refractivity contribution in [1.82, 2.24) is 0 Å². The van der Waals surface area contributed by atoms with Crippen molar-refractivity contribution in [2.75, 3.05) is 0 Å². The fraction of sp³-hybridized carbons (Fsp3) is 0.0370. The Kier molecular flexibility index (Phi) is 5.55. The highest BCUT2D eigenvalue weighted by Gasteiger charge is 2.09. The average Bonchev–Trinajstić information content (AvgIpc) is 2.80. The predicted molar refractivity (Wildman–Crippen MR) is 123 cm³/mol. The quantitative estimate of drug-likeness (QED) is 0.438. The van der Waals surface area contributed by atoms with E-state index in [-0.39, 0.29) is 6.04 Å². The van der Waals surface area contributed by atoms with Gasteiger partial charge in [-0.1, -0.05) is 84.9 Å². The maximum Gasteiger partial charge on any atom is 0.0498 e. The molecule has 0 spiro atoms. The molecule has 4 N–H and O–H groups in total. The van der Waals surface area contributed by atoms with Crippen molar-refractivity contribution < 1.29 is 0 Å². The summed E-state index contributed by atoms with van der Waals surface area (Å²) in [6.45, 7) is 0. The Morgan fingerprint density at radius 3 is 1.41 bits per heavy atom. The van der Waals surface area contributed by atoms with E-state index in [1.807, 2.05) is 18.2 Å². The molecule has 0 fully saturated rings. The summed E-state index contributed by atoms with van der Waals surface area (Å²) in [6, 6.07) is 35.7. The fourth-order valence-corrected chi connectivity index (χ4v) is 3.52. The first-order chi connectivity index (χ1) is 14.2. The summed E-state index contributed by atoms with van der Waals surface area (Å²) in [7, 11) is 0. The lowest BCUT2D eigenvalue weighted by molar-refractivity contribution is 0.909. The van der Waals surface area contributed by atoms with Crippen molar-refractivity contribution in [1.29, 1.82) is 0 Å². The smallest absolute Gasteiger partial charge is 0.0498 e. The second-order valence-electron chi connectivity index (χ2n) is 7.06.